The molecule has 1 aliphatic heterocycles. The Balaban J connectivity index is 2.24. The molecule has 0 atom stereocenters. The smallest absolute Gasteiger partial charge is 0.220 e. The molecular weight excluding hydrogens is 222 g/mol. The number of amides is 1. The zero-order chi connectivity index (χ0) is 8.72. The van der Waals surface area contributed by atoms with Crippen molar-refractivity contribution >= 4 is 21.8 Å². The van der Waals surface area contributed by atoms with Crippen molar-refractivity contribution in [3.63, 3.8) is 0 Å². The fraction of sp³-hybridized carbons (Fsp3) is 0.375. The summed E-state index contributed by atoms with van der Waals surface area (Å²) in [5.74, 6) is 0.995. The highest BCUT2D eigenvalue weighted by Crippen LogP contribution is 2.28. The van der Waals surface area contributed by atoms with Crippen LogP contribution in [-0.2, 0) is 17.9 Å². The van der Waals surface area contributed by atoms with Gasteiger partial charge in [-0.1, -0.05) is 0 Å². The van der Waals surface area contributed by atoms with Gasteiger partial charge in [-0.25, -0.2) is 0 Å². The summed E-state index contributed by atoms with van der Waals surface area (Å²) < 4.78 is 6.08. The van der Waals surface area contributed by atoms with Crippen LogP contribution < -0.4 is 0 Å². The molecule has 0 fully saturated rings. The number of hydrogen-bond acceptors (Lipinski definition) is 2. The number of carbonyl (C=O) groups is 1. The zero-order valence-corrected chi connectivity index (χ0v) is 8.22. The van der Waals surface area contributed by atoms with E-state index in [1.165, 1.54) is 0 Å². The van der Waals surface area contributed by atoms with Crippen LogP contribution in [0.5, 0.6) is 0 Å². The van der Waals surface area contributed by atoms with E-state index in [2.05, 4.69) is 15.9 Å². The lowest BCUT2D eigenvalue weighted by molar-refractivity contribution is -0.129. The first-order chi connectivity index (χ1) is 5.66. The van der Waals surface area contributed by atoms with Crippen molar-refractivity contribution in [2.75, 3.05) is 0 Å². The van der Waals surface area contributed by atoms with Gasteiger partial charge < -0.3 is 9.32 Å². The third-order valence-electron chi connectivity index (χ3n) is 2.01. The number of hydrogen-bond donors (Lipinski definition) is 0. The van der Waals surface area contributed by atoms with Crippen molar-refractivity contribution in [1.82, 2.24) is 4.90 Å². The lowest BCUT2D eigenvalue weighted by atomic mass is 10.3. The van der Waals surface area contributed by atoms with Crippen LogP contribution in [0.2, 0.25) is 0 Å². The summed E-state index contributed by atoms with van der Waals surface area (Å²) in [6.45, 7) is 2.86. The monoisotopic (exact) mass is 229 g/mol. The molecule has 1 aromatic rings. The van der Waals surface area contributed by atoms with Gasteiger partial charge in [-0.3, -0.25) is 4.79 Å². The number of rotatable bonds is 0. The van der Waals surface area contributed by atoms with E-state index < -0.39 is 0 Å². The van der Waals surface area contributed by atoms with Gasteiger partial charge in [-0.05, 0) is 22.0 Å². The first kappa shape index (κ1) is 7.86. The standard InChI is InChI=1S/C8H8BrNO2/c1-5(11)10-3-6-2-8(9)12-7(6)4-10/h2H,3-4H2,1H3. The van der Waals surface area contributed by atoms with Gasteiger partial charge in [0.05, 0.1) is 6.54 Å². The molecule has 0 saturated carbocycles. The van der Waals surface area contributed by atoms with Gasteiger partial charge in [0.15, 0.2) is 4.67 Å². The second-order valence-corrected chi connectivity index (χ2v) is 3.66. The Morgan fingerprint density at radius 2 is 2.42 bits per heavy atom. The highest BCUT2D eigenvalue weighted by Gasteiger charge is 2.24. The van der Waals surface area contributed by atoms with Crippen LogP contribution in [-0.4, -0.2) is 10.8 Å². The van der Waals surface area contributed by atoms with E-state index in [-0.39, 0.29) is 5.91 Å². The van der Waals surface area contributed by atoms with Crippen LogP contribution >= 0.6 is 15.9 Å². The average Bonchev–Trinajstić information content (AvgIpc) is 2.42. The second-order valence-electron chi connectivity index (χ2n) is 2.87. The van der Waals surface area contributed by atoms with Crippen LogP contribution in [0.3, 0.4) is 0 Å². The van der Waals surface area contributed by atoms with Crippen LogP contribution in [0.4, 0.5) is 0 Å². The summed E-state index contributed by atoms with van der Waals surface area (Å²) in [6, 6.07) is 1.91. The summed E-state index contributed by atoms with van der Waals surface area (Å²) >= 11 is 3.24. The van der Waals surface area contributed by atoms with Gasteiger partial charge in [0.25, 0.3) is 0 Å². The molecule has 3 nitrogen and oxygen atoms in total. The molecule has 0 saturated heterocycles. The molecule has 0 aliphatic carbocycles. The maximum absolute atomic E-state index is 11.0. The van der Waals surface area contributed by atoms with Gasteiger partial charge in [0, 0.05) is 19.0 Å². The Bertz CT molecular complexity index is 308. The van der Waals surface area contributed by atoms with E-state index in [1.807, 2.05) is 6.07 Å². The predicted molar refractivity (Wildman–Crippen MR) is 46.3 cm³/mol. The van der Waals surface area contributed by atoms with Gasteiger partial charge in [0.1, 0.15) is 5.76 Å². The maximum atomic E-state index is 11.0. The van der Waals surface area contributed by atoms with Gasteiger partial charge in [-0.2, -0.15) is 0 Å². The van der Waals surface area contributed by atoms with E-state index in [0.717, 1.165) is 16.0 Å². The summed E-state index contributed by atoms with van der Waals surface area (Å²) in [6.07, 6.45) is 0. The fourth-order valence-electron chi connectivity index (χ4n) is 1.36. The summed E-state index contributed by atoms with van der Waals surface area (Å²) in [4.78, 5) is 12.7. The largest absolute Gasteiger partial charge is 0.452 e. The summed E-state index contributed by atoms with van der Waals surface area (Å²) in [5, 5.41) is 0. The molecule has 1 amide bonds. The van der Waals surface area contributed by atoms with Crippen molar-refractivity contribution in [3.05, 3.63) is 22.1 Å². The van der Waals surface area contributed by atoms with E-state index in [0.29, 0.717) is 13.1 Å². The third-order valence-corrected chi connectivity index (χ3v) is 2.40. The third kappa shape index (κ3) is 1.16. The summed E-state index contributed by atoms with van der Waals surface area (Å²) in [5.41, 5.74) is 1.11. The molecule has 12 heavy (non-hydrogen) atoms. The molecule has 0 bridgehead atoms. The quantitative estimate of drug-likeness (QED) is 0.682. The minimum absolute atomic E-state index is 0.0949. The molecule has 0 unspecified atom stereocenters. The van der Waals surface area contributed by atoms with Gasteiger partial charge in [-0.15, -0.1) is 0 Å². The molecular formula is C8H8BrNO2. The molecule has 0 N–H and O–H groups in total. The topological polar surface area (TPSA) is 33.5 Å². The van der Waals surface area contributed by atoms with E-state index in [9.17, 15) is 4.79 Å². The molecule has 0 radical (unpaired) electrons. The first-order valence-electron chi connectivity index (χ1n) is 3.69. The lowest BCUT2D eigenvalue weighted by Crippen LogP contribution is -2.21. The average molecular weight is 230 g/mol. The predicted octanol–water partition coefficient (Wildman–Crippen LogP) is 1.90. The Labute approximate surface area is 78.5 Å². The van der Waals surface area contributed by atoms with E-state index in [4.69, 9.17) is 4.42 Å². The Kier molecular flexibility index (Phi) is 1.72. The number of furan rings is 1. The van der Waals surface area contributed by atoms with E-state index in [1.54, 1.807) is 11.8 Å². The minimum Gasteiger partial charge on any atom is -0.452 e. The Morgan fingerprint density at radius 1 is 1.67 bits per heavy atom. The van der Waals surface area contributed by atoms with Crippen molar-refractivity contribution in [1.29, 1.82) is 0 Å². The Hall–Kier alpha value is -0.770. The second kappa shape index (κ2) is 2.62. The number of carbonyl (C=O) groups excluding carboxylic acids is 1. The molecule has 4 heteroatoms. The molecule has 0 spiro atoms. The van der Waals surface area contributed by atoms with Gasteiger partial charge in [0.2, 0.25) is 5.91 Å². The normalized spacial score (nSPS) is 15.0. The zero-order valence-electron chi connectivity index (χ0n) is 6.63. The van der Waals surface area contributed by atoms with Crippen molar-refractivity contribution < 1.29 is 9.21 Å². The lowest BCUT2D eigenvalue weighted by Gasteiger charge is -2.10. The molecule has 1 aromatic heterocycles. The molecule has 64 valence electrons. The molecule has 2 rings (SSSR count). The number of fused-ring (bicyclic) bond motifs is 1. The highest BCUT2D eigenvalue weighted by atomic mass is 79.9. The molecule has 1 aliphatic rings. The van der Waals surface area contributed by atoms with E-state index >= 15 is 0 Å². The fourth-order valence-corrected chi connectivity index (χ4v) is 1.83. The van der Waals surface area contributed by atoms with Gasteiger partial charge >= 0.3 is 0 Å². The van der Waals surface area contributed by atoms with Crippen LogP contribution in [0.25, 0.3) is 0 Å². The van der Waals surface area contributed by atoms with Crippen molar-refractivity contribution in [2.45, 2.75) is 20.0 Å². The Morgan fingerprint density at radius 3 is 3.00 bits per heavy atom. The number of halogens is 1. The molecule has 0 aromatic carbocycles. The van der Waals surface area contributed by atoms with Crippen LogP contribution in [0.1, 0.15) is 18.2 Å². The highest BCUT2D eigenvalue weighted by molar-refractivity contribution is 9.10. The summed E-state index contributed by atoms with van der Waals surface area (Å²) in [7, 11) is 0. The van der Waals surface area contributed by atoms with Crippen LogP contribution in [0.15, 0.2) is 15.2 Å². The molecule has 2 heterocycles. The van der Waals surface area contributed by atoms with Crippen molar-refractivity contribution in [3.8, 4) is 0 Å². The van der Waals surface area contributed by atoms with Crippen molar-refractivity contribution in [2.24, 2.45) is 0 Å². The van der Waals surface area contributed by atoms with Crippen LogP contribution in [0, 0.1) is 0 Å². The number of nitrogens with zero attached hydrogens (tertiary/aromatic N) is 1. The SMILES string of the molecule is CC(=O)N1Cc2cc(Br)oc2C1. The first-order valence-corrected chi connectivity index (χ1v) is 4.48. The maximum Gasteiger partial charge on any atom is 0.220 e. The minimum atomic E-state index is 0.0949.